The minimum atomic E-state index is -1.36. The summed E-state index contributed by atoms with van der Waals surface area (Å²) in [7, 11) is 2.78. The highest BCUT2D eigenvalue weighted by Crippen LogP contribution is 2.35. The number of benzene rings is 2. The molecular weight excluding hydrogens is 472 g/mol. The predicted molar refractivity (Wildman–Crippen MR) is 130 cm³/mol. The summed E-state index contributed by atoms with van der Waals surface area (Å²) < 4.78 is 11.7. The molecule has 35 heavy (non-hydrogen) atoms. The van der Waals surface area contributed by atoms with E-state index in [1.807, 2.05) is 25.1 Å². The van der Waals surface area contributed by atoms with Crippen LogP contribution in [0.15, 0.2) is 48.8 Å². The molecule has 0 saturated carbocycles. The number of amides is 2. The molecule has 1 atom stereocenters. The molecule has 10 heteroatoms. The molecule has 0 fully saturated rings. The van der Waals surface area contributed by atoms with Crippen LogP contribution >= 0.6 is 11.6 Å². The Morgan fingerprint density at radius 1 is 1.20 bits per heavy atom. The van der Waals surface area contributed by atoms with Crippen LogP contribution in [0.4, 0.5) is 5.69 Å². The SMILES string of the molecule is COC(=O)c1ncn2c1C(=O)N(c1ccc(C)c(Cl)c1)C(C)(C(=O)NCc1ccccc1OC)C2. The van der Waals surface area contributed by atoms with Crippen molar-refractivity contribution < 1.29 is 23.9 Å². The predicted octanol–water partition coefficient (Wildman–Crippen LogP) is 3.38. The largest absolute Gasteiger partial charge is 0.496 e. The number of methoxy groups -OCH3 is 2. The van der Waals surface area contributed by atoms with Crippen LogP contribution in [0.1, 0.15) is 39.0 Å². The van der Waals surface area contributed by atoms with E-state index in [1.165, 1.54) is 22.9 Å². The van der Waals surface area contributed by atoms with E-state index < -0.39 is 23.3 Å². The summed E-state index contributed by atoms with van der Waals surface area (Å²) in [4.78, 5) is 45.2. The van der Waals surface area contributed by atoms with Crippen molar-refractivity contribution in [2.75, 3.05) is 19.1 Å². The van der Waals surface area contributed by atoms with Gasteiger partial charge in [0.2, 0.25) is 5.91 Å². The highest BCUT2D eigenvalue weighted by Gasteiger charge is 2.49. The minimum Gasteiger partial charge on any atom is -0.496 e. The van der Waals surface area contributed by atoms with Gasteiger partial charge in [-0.15, -0.1) is 0 Å². The van der Waals surface area contributed by atoms with Crippen molar-refractivity contribution in [3.05, 3.63) is 76.3 Å². The second-order valence-electron chi connectivity index (χ2n) is 8.40. The summed E-state index contributed by atoms with van der Waals surface area (Å²) in [5.41, 5.74) is 0.598. The van der Waals surface area contributed by atoms with E-state index in [4.69, 9.17) is 21.1 Å². The molecule has 2 aromatic carbocycles. The standard InChI is InChI=1S/C25H25ClN4O5/c1-15-9-10-17(11-18(15)26)30-22(31)21-20(23(32)35-4)28-14-29(21)13-25(30,2)24(33)27-12-16-7-5-6-8-19(16)34-3/h5-11,14H,12-13H2,1-4H3,(H,27,33). The van der Waals surface area contributed by atoms with Gasteiger partial charge >= 0.3 is 5.97 Å². The van der Waals surface area contributed by atoms with Crippen molar-refractivity contribution in [3.8, 4) is 5.75 Å². The maximum atomic E-state index is 13.8. The fraction of sp³-hybridized carbons (Fsp3) is 0.280. The fourth-order valence-electron chi connectivity index (χ4n) is 4.22. The van der Waals surface area contributed by atoms with E-state index >= 15 is 0 Å². The van der Waals surface area contributed by atoms with E-state index in [9.17, 15) is 14.4 Å². The van der Waals surface area contributed by atoms with Crippen LogP contribution in [0, 0.1) is 6.92 Å². The molecule has 2 heterocycles. The number of imidazole rings is 1. The van der Waals surface area contributed by atoms with Crippen LogP contribution < -0.4 is 15.0 Å². The average molecular weight is 497 g/mol. The Morgan fingerprint density at radius 2 is 1.94 bits per heavy atom. The molecule has 0 radical (unpaired) electrons. The number of halogens is 1. The van der Waals surface area contributed by atoms with Crippen LogP contribution in [-0.2, 0) is 22.6 Å². The van der Waals surface area contributed by atoms with Crippen molar-refractivity contribution in [1.82, 2.24) is 14.9 Å². The first-order valence-electron chi connectivity index (χ1n) is 10.9. The Bertz CT molecular complexity index is 1320. The van der Waals surface area contributed by atoms with Crippen molar-refractivity contribution in [2.45, 2.75) is 32.5 Å². The number of nitrogens with one attached hydrogen (secondary N) is 1. The van der Waals surface area contributed by atoms with Crippen LogP contribution in [-0.4, -0.2) is 47.1 Å². The number of para-hydroxylation sites is 1. The van der Waals surface area contributed by atoms with Crippen molar-refractivity contribution in [2.24, 2.45) is 0 Å². The Kier molecular flexibility index (Phi) is 6.53. The lowest BCUT2D eigenvalue weighted by Crippen LogP contribution is -2.64. The second kappa shape index (κ2) is 9.42. The van der Waals surface area contributed by atoms with Crippen LogP contribution in [0.5, 0.6) is 5.75 Å². The summed E-state index contributed by atoms with van der Waals surface area (Å²) >= 11 is 6.37. The zero-order chi connectivity index (χ0) is 25.3. The number of nitrogens with zero attached hydrogens (tertiary/aromatic N) is 3. The molecule has 3 aromatic rings. The van der Waals surface area contributed by atoms with E-state index in [2.05, 4.69) is 10.3 Å². The van der Waals surface area contributed by atoms with Gasteiger partial charge in [-0.05, 0) is 37.6 Å². The Labute approximate surface area is 207 Å². The zero-order valence-electron chi connectivity index (χ0n) is 19.8. The van der Waals surface area contributed by atoms with Gasteiger partial charge in [0.1, 0.15) is 17.0 Å². The van der Waals surface area contributed by atoms with E-state index in [0.29, 0.717) is 16.5 Å². The Balaban J connectivity index is 1.77. The number of carbonyl (C=O) groups is 3. The molecule has 0 aliphatic carbocycles. The Hall–Kier alpha value is -3.85. The average Bonchev–Trinajstić information content (AvgIpc) is 3.28. The van der Waals surface area contributed by atoms with E-state index in [-0.39, 0.29) is 24.5 Å². The lowest BCUT2D eigenvalue weighted by molar-refractivity contribution is -0.126. The molecule has 1 aromatic heterocycles. The van der Waals surface area contributed by atoms with Gasteiger partial charge < -0.3 is 19.4 Å². The van der Waals surface area contributed by atoms with Crippen molar-refractivity contribution >= 4 is 35.1 Å². The van der Waals surface area contributed by atoms with Gasteiger partial charge in [0.25, 0.3) is 5.91 Å². The van der Waals surface area contributed by atoms with E-state index in [1.54, 1.807) is 38.3 Å². The first kappa shape index (κ1) is 24.3. The monoisotopic (exact) mass is 496 g/mol. The molecule has 1 aliphatic rings. The third kappa shape index (κ3) is 4.23. The van der Waals surface area contributed by atoms with Crippen LogP contribution in [0.2, 0.25) is 5.02 Å². The zero-order valence-corrected chi connectivity index (χ0v) is 20.5. The van der Waals surface area contributed by atoms with Gasteiger partial charge in [-0.25, -0.2) is 9.78 Å². The number of carbonyl (C=O) groups excluding carboxylic acids is 3. The Morgan fingerprint density at radius 3 is 2.63 bits per heavy atom. The fourth-order valence-corrected chi connectivity index (χ4v) is 4.39. The topological polar surface area (TPSA) is 103 Å². The molecule has 4 rings (SSSR count). The number of hydrogen-bond acceptors (Lipinski definition) is 6. The first-order chi connectivity index (χ1) is 16.7. The number of rotatable bonds is 6. The summed E-state index contributed by atoms with van der Waals surface area (Å²) in [6.07, 6.45) is 1.37. The first-order valence-corrected chi connectivity index (χ1v) is 11.2. The van der Waals surface area contributed by atoms with Gasteiger partial charge in [0.05, 0.1) is 27.1 Å². The molecule has 0 spiro atoms. The van der Waals surface area contributed by atoms with Crippen LogP contribution in [0.3, 0.4) is 0 Å². The number of aromatic nitrogens is 2. The summed E-state index contributed by atoms with van der Waals surface area (Å²) in [5, 5.41) is 3.37. The van der Waals surface area contributed by atoms with Gasteiger partial charge in [0, 0.05) is 22.8 Å². The maximum absolute atomic E-state index is 13.8. The number of fused-ring (bicyclic) bond motifs is 1. The summed E-state index contributed by atoms with van der Waals surface area (Å²) in [6.45, 7) is 3.76. The molecule has 9 nitrogen and oxygen atoms in total. The van der Waals surface area contributed by atoms with Gasteiger partial charge in [-0.3, -0.25) is 14.5 Å². The number of anilines is 1. The molecular formula is C25H25ClN4O5. The van der Waals surface area contributed by atoms with Crippen molar-refractivity contribution in [1.29, 1.82) is 0 Å². The number of aryl methyl sites for hydroxylation is 1. The number of esters is 1. The van der Waals surface area contributed by atoms with Crippen molar-refractivity contribution in [3.63, 3.8) is 0 Å². The smallest absolute Gasteiger partial charge is 0.359 e. The highest BCUT2D eigenvalue weighted by molar-refractivity contribution is 6.31. The third-order valence-electron chi connectivity index (χ3n) is 6.13. The normalized spacial score (nSPS) is 17.1. The molecule has 1 aliphatic heterocycles. The minimum absolute atomic E-state index is 0.0450. The van der Waals surface area contributed by atoms with Crippen LogP contribution in [0.25, 0.3) is 0 Å². The highest BCUT2D eigenvalue weighted by atomic mass is 35.5. The molecule has 182 valence electrons. The molecule has 0 bridgehead atoms. The lowest BCUT2D eigenvalue weighted by atomic mass is 9.93. The molecule has 0 saturated heterocycles. The molecule has 2 amide bonds. The summed E-state index contributed by atoms with van der Waals surface area (Å²) in [6, 6.07) is 12.5. The summed E-state index contributed by atoms with van der Waals surface area (Å²) in [5.74, 6) is -1.06. The van der Waals surface area contributed by atoms with Gasteiger partial charge in [-0.2, -0.15) is 0 Å². The number of hydrogen-bond donors (Lipinski definition) is 1. The number of ether oxygens (including phenoxy) is 2. The third-order valence-corrected chi connectivity index (χ3v) is 6.54. The lowest BCUT2D eigenvalue weighted by Gasteiger charge is -2.43. The molecule has 1 N–H and O–H groups in total. The van der Waals surface area contributed by atoms with Gasteiger partial charge in [-0.1, -0.05) is 35.9 Å². The van der Waals surface area contributed by atoms with Gasteiger partial charge in [0.15, 0.2) is 5.69 Å². The maximum Gasteiger partial charge on any atom is 0.359 e. The quantitative estimate of drug-likeness (QED) is 0.525. The molecule has 1 unspecified atom stereocenters. The second-order valence-corrected chi connectivity index (χ2v) is 8.81. The van der Waals surface area contributed by atoms with E-state index in [0.717, 1.165) is 11.1 Å².